The number of halogens is 2. The zero-order valence-electron chi connectivity index (χ0n) is 19.1. The molecule has 34 heavy (non-hydrogen) atoms. The number of aromatic amines is 1. The van der Waals surface area contributed by atoms with Crippen molar-refractivity contribution in [1.82, 2.24) is 20.3 Å². The second kappa shape index (κ2) is 8.03. The molecule has 2 aliphatic heterocycles. The Hall–Kier alpha value is -3.56. The normalized spacial score (nSPS) is 20.2. The highest BCUT2D eigenvalue weighted by atomic mass is 19.3. The molecular weight excluding hydrogens is 444 g/mol. The van der Waals surface area contributed by atoms with Crippen LogP contribution < -0.4 is 15.0 Å². The molecule has 1 saturated heterocycles. The summed E-state index contributed by atoms with van der Waals surface area (Å²) in [4.78, 5) is 37.7. The number of hydrogen-bond acceptors (Lipinski definition) is 5. The number of benzene rings is 1. The van der Waals surface area contributed by atoms with Crippen LogP contribution in [0, 0.1) is 5.92 Å². The van der Waals surface area contributed by atoms with Crippen LogP contribution in [0.1, 0.15) is 32.8 Å². The predicted octanol–water partition coefficient (Wildman–Crippen LogP) is 3.42. The molecular formula is C24H25F2N5O3. The van der Waals surface area contributed by atoms with E-state index >= 15 is 0 Å². The molecule has 0 bridgehead atoms. The van der Waals surface area contributed by atoms with Gasteiger partial charge in [0.05, 0.1) is 29.5 Å². The van der Waals surface area contributed by atoms with Gasteiger partial charge in [0.25, 0.3) is 6.43 Å². The minimum Gasteiger partial charge on any atom is -0.473 e. The highest BCUT2D eigenvalue weighted by Gasteiger charge is 2.44. The van der Waals surface area contributed by atoms with E-state index in [4.69, 9.17) is 4.74 Å². The summed E-state index contributed by atoms with van der Waals surface area (Å²) in [5.74, 6) is -0.0180. The molecule has 1 unspecified atom stereocenters. The molecule has 0 spiro atoms. The Kier molecular flexibility index (Phi) is 5.26. The van der Waals surface area contributed by atoms with Crippen LogP contribution in [-0.4, -0.2) is 52.4 Å². The Morgan fingerprint density at radius 1 is 1.26 bits per heavy atom. The molecule has 3 aromatic rings. The van der Waals surface area contributed by atoms with E-state index < -0.39 is 18.4 Å². The van der Waals surface area contributed by atoms with Crippen molar-refractivity contribution >= 4 is 28.5 Å². The third kappa shape index (κ3) is 3.66. The number of fused-ring (bicyclic) bond motifs is 2. The van der Waals surface area contributed by atoms with Gasteiger partial charge in [0, 0.05) is 30.1 Å². The third-order valence-corrected chi connectivity index (χ3v) is 6.70. The third-order valence-electron chi connectivity index (χ3n) is 6.70. The van der Waals surface area contributed by atoms with Gasteiger partial charge in [-0.15, -0.1) is 0 Å². The van der Waals surface area contributed by atoms with Crippen LogP contribution in [0.15, 0.2) is 30.6 Å². The summed E-state index contributed by atoms with van der Waals surface area (Å²) in [5, 5.41) is 2.81. The van der Waals surface area contributed by atoms with E-state index in [-0.39, 0.29) is 23.8 Å². The molecule has 0 aliphatic carbocycles. The summed E-state index contributed by atoms with van der Waals surface area (Å²) in [6.07, 6.45) is -0.990. The number of hydrogen-bond donors (Lipinski definition) is 2. The molecule has 10 heteroatoms. The van der Waals surface area contributed by atoms with Gasteiger partial charge in [-0.25, -0.2) is 18.7 Å². The average molecular weight is 469 g/mol. The maximum atomic E-state index is 13.2. The topological polar surface area (TPSA) is 100 Å². The van der Waals surface area contributed by atoms with Crippen molar-refractivity contribution in [2.24, 2.45) is 5.92 Å². The average Bonchev–Trinajstić information content (AvgIpc) is 3.48. The lowest BCUT2D eigenvalue weighted by atomic mass is 9.85. The molecule has 1 fully saturated rings. The minimum absolute atomic E-state index is 0.00367. The number of anilines is 1. The van der Waals surface area contributed by atoms with Gasteiger partial charge in [0.2, 0.25) is 17.7 Å². The number of rotatable bonds is 6. The number of pyridine rings is 1. The van der Waals surface area contributed by atoms with Crippen molar-refractivity contribution in [3.8, 4) is 17.1 Å². The summed E-state index contributed by atoms with van der Waals surface area (Å²) in [5.41, 5.74) is 2.75. The van der Waals surface area contributed by atoms with Crippen LogP contribution in [0.25, 0.3) is 22.3 Å². The molecule has 2 atom stereocenters. The first-order valence-electron chi connectivity index (χ1n) is 11.2. The Balaban J connectivity index is 1.53. The first-order valence-corrected chi connectivity index (χ1v) is 11.2. The second-order valence-electron chi connectivity index (χ2n) is 9.37. The van der Waals surface area contributed by atoms with Crippen LogP contribution in [0.5, 0.6) is 5.88 Å². The molecule has 2 N–H and O–H groups in total. The number of nitrogens with one attached hydrogen (secondary N) is 2. The maximum absolute atomic E-state index is 13.2. The van der Waals surface area contributed by atoms with E-state index in [0.29, 0.717) is 52.4 Å². The number of imidazole rings is 1. The standard InChI is InChI=1S/C24H25F2N5O3/c1-12(14-7-20(32)27-9-14)34-22-21-17(28-11-29-21)8-16(30-22)13-4-5-15-18(6-13)31(10-19(25)26)23(33)24(15,2)3/h4-6,8,11-12,14,19H,7,9-10H2,1-3H3,(H,27,32)(H,28,29)/t12?,14-/m1/s1. The number of carbonyl (C=O) groups excluding carboxylic acids is 2. The lowest BCUT2D eigenvalue weighted by molar-refractivity contribution is -0.122. The van der Waals surface area contributed by atoms with Crippen molar-refractivity contribution in [1.29, 1.82) is 0 Å². The van der Waals surface area contributed by atoms with E-state index in [0.717, 1.165) is 4.90 Å². The molecule has 2 aromatic heterocycles. The first kappa shape index (κ1) is 22.2. The molecule has 0 saturated carbocycles. The number of H-pyrrole nitrogens is 1. The predicted molar refractivity (Wildman–Crippen MR) is 122 cm³/mol. The Bertz CT molecular complexity index is 1290. The van der Waals surface area contributed by atoms with E-state index in [2.05, 4.69) is 20.3 Å². The highest BCUT2D eigenvalue weighted by molar-refractivity contribution is 6.08. The monoisotopic (exact) mass is 469 g/mol. The van der Waals surface area contributed by atoms with Gasteiger partial charge in [-0.1, -0.05) is 12.1 Å². The fourth-order valence-corrected chi connectivity index (χ4v) is 4.70. The fourth-order valence-electron chi connectivity index (χ4n) is 4.70. The Morgan fingerprint density at radius 2 is 2.06 bits per heavy atom. The number of carbonyl (C=O) groups is 2. The van der Waals surface area contributed by atoms with Crippen molar-refractivity contribution in [2.45, 2.75) is 45.1 Å². The van der Waals surface area contributed by atoms with Crippen molar-refractivity contribution in [3.63, 3.8) is 0 Å². The van der Waals surface area contributed by atoms with Crippen molar-refractivity contribution in [2.75, 3.05) is 18.0 Å². The molecule has 2 amide bonds. The van der Waals surface area contributed by atoms with Gasteiger partial charge >= 0.3 is 0 Å². The SMILES string of the molecule is CC(Oc1nc(-c2ccc3c(c2)N(CC(F)F)C(=O)C3(C)C)cc2[nH]cnc12)[C@H]1CNC(=O)C1. The van der Waals surface area contributed by atoms with Gasteiger partial charge < -0.3 is 19.9 Å². The van der Waals surface area contributed by atoms with Crippen LogP contribution in [-0.2, 0) is 15.0 Å². The smallest absolute Gasteiger partial charge is 0.256 e. The quantitative estimate of drug-likeness (QED) is 0.576. The molecule has 178 valence electrons. The van der Waals surface area contributed by atoms with Gasteiger partial charge in [-0.05, 0) is 38.5 Å². The van der Waals surface area contributed by atoms with Crippen LogP contribution >= 0.6 is 0 Å². The van der Waals surface area contributed by atoms with Crippen LogP contribution in [0.2, 0.25) is 0 Å². The van der Waals surface area contributed by atoms with Crippen LogP contribution in [0.4, 0.5) is 14.5 Å². The van der Waals surface area contributed by atoms with E-state index in [1.165, 1.54) is 0 Å². The highest BCUT2D eigenvalue weighted by Crippen LogP contribution is 2.44. The maximum Gasteiger partial charge on any atom is 0.256 e. The first-order chi connectivity index (χ1) is 16.1. The van der Waals surface area contributed by atoms with Gasteiger partial charge in [0.1, 0.15) is 6.10 Å². The molecule has 2 aliphatic rings. The molecule has 8 nitrogen and oxygen atoms in total. The zero-order chi connectivity index (χ0) is 24.2. The lowest BCUT2D eigenvalue weighted by Crippen LogP contribution is -2.38. The Morgan fingerprint density at radius 3 is 2.76 bits per heavy atom. The van der Waals surface area contributed by atoms with Crippen LogP contribution in [0.3, 0.4) is 0 Å². The summed E-state index contributed by atoms with van der Waals surface area (Å²) in [6, 6.07) is 7.16. The van der Waals surface area contributed by atoms with E-state index in [1.54, 1.807) is 32.3 Å². The summed E-state index contributed by atoms with van der Waals surface area (Å²) < 4.78 is 32.6. The lowest BCUT2D eigenvalue weighted by Gasteiger charge is -2.20. The molecule has 0 radical (unpaired) electrons. The summed E-state index contributed by atoms with van der Waals surface area (Å²) >= 11 is 0. The van der Waals surface area contributed by atoms with Crippen molar-refractivity contribution < 1.29 is 23.1 Å². The molecule has 1 aromatic carbocycles. The van der Waals surface area contributed by atoms with Gasteiger partial charge in [0.15, 0.2) is 5.52 Å². The number of ether oxygens (including phenoxy) is 1. The summed E-state index contributed by atoms with van der Waals surface area (Å²) in [7, 11) is 0. The van der Waals surface area contributed by atoms with Crippen molar-refractivity contribution in [3.05, 3.63) is 36.2 Å². The molecule has 5 rings (SSSR count). The molecule has 4 heterocycles. The number of alkyl halides is 2. The number of aromatic nitrogens is 3. The zero-order valence-corrected chi connectivity index (χ0v) is 19.1. The Labute approximate surface area is 194 Å². The summed E-state index contributed by atoms with van der Waals surface area (Å²) in [6.45, 7) is 5.25. The van der Waals surface area contributed by atoms with E-state index in [1.807, 2.05) is 19.1 Å². The number of nitrogens with zero attached hydrogens (tertiary/aromatic N) is 3. The van der Waals surface area contributed by atoms with E-state index in [9.17, 15) is 18.4 Å². The fraction of sp³-hybridized carbons (Fsp3) is 0.417. The second-order valence-corrected chi connectivity index (χ2v) is 9.37. The van der Waals surface area contributed by atoms with Gasteiger partial charge in [-0.2, -0.15) is 0 Å². The minimum atomic E-state index is -2.65. The largest absolute Gasteiger partial charge is 0.473 e. The number of amides is 2. The van der Waals surface area contributed by atoms with Gasteiger partial charge in [-0.3, -0.25) is 9.59 Å².